The molecule has 1 amide bonds. The largest absolute Gasteiger partial charge is 0.481 e. The maximum Gasteiger partial charge on any atom is 0.306 e. The SMILES string of the molecule is CCC1(CC)[C@H](NC(=O)C2CCC(C(=O)O)CC2)[C@@H](C)[C@@H]1OC. The number of hydrogen-bond acceptors (Lipinski definition) is 3. The highest BCUT2D eigenvalue weighted by Crippen LogP contribution is 2.52. The van der Waals surface area contributed by atoms with Gasteiger partial charge in [-0.3, -0.25) is 9.59 Å². The molecule has 0 aliphatic heterocycles. The van der Waals surface area contributed by atoms with E-state index in [0.717, 1.165) is 12.8 Å². The van der Waals surface area contributed by atoms with E-state index in [1.807, 2.05) is 0 Å². The van der Waals surface area contributed by atoms with Gasteiger partial charge in [0.1, 0.15) is 0 Å². The van der Waals surface area contributed by atoms with Crippen LogP contribution in [0.5, 0.6) is 0 Å². The second-order valence-electron chi connectivity index (χ2n) is 7.33. The predicted octanol–water partition coefficient (Wildman–Crippen LogP) is 2.83. The molecule has 5 heteroatoms. The summed E-state index contributed by atoms with van der Waals surface area (Å²) in [6, 6.07) is 0.159. The number of carboxylic acids is 1. The van der Waals surface area contributed by atoms with E-state index in [1.165, 1.54) is 0 Å². The van der Waals surface area contributed by atoms with Crippen LogP contribution in [0.4, 0.5) is 0 Å². The fraction of sp³-hybridized carbons (Fsp3) is 0.889. The second kappa shape index (κ2) is 7.20. The molecule has 0 aromatic heterocycles. The third-order valence-electron chi connectivity index (χ3n) is 6.50. The van der Waals surface area contributed by atoms with Crippen molar-refractivity contribution in [3.8, 4) is 0 Å². The van der Waals surface area contributed by atoms with Crippen LogP contribution in [0, 0.1) is 23.2 Å². The molecular formula is C18H31NO4. The first-order valence-corrected chi connectivity index (χ1v) is 8.97. The van der Waals surface area contributed by atoms with E-state index in [0.29, 0.717) is 31.6 Å². The minimum atomic E-state index is -0.726. The lowest BCUT2D eigenvalue weighted by atomic mass is 9.53. The Balaban J connectivity index is 1.96. The van der Waals surface area contributed by atoms with E-state index in [-0.39, 0.29) is 35.3 Å². The monoisotopic (exact) mass is 325 g/mol. The van der Waals surface area contributed by atoms with Gasteiger partial charge in [-0.05, 0) is 38.5 Å². The lowest BCUT2D eigenvalue weighted by Crippen LogP contribution is -2.70. The quantitative estimate of drug-likeness (QED) is 0.787. The van der Waals surface area contributed by atoms with E-state index in [4.69, 9.17) is 9.84 Å². The Morgan fingerprint density at radius 1 is 1.13 bits per heavy atom. The molecule has 0 unspecified atom stereocenters. The molecule has 2 rings (SSSR count). The van der Waals surface area contributed by atoms with Gasteiger partial charge in [-0.2, -0.15) is 0 Å². The number of methoxy groups -OCH3 is 1. The number of hydrogen-bond donors (Lipinski definition) is 2. The number of aliphatic carboxylic acids is 1. The van der Waals surface area contributed by atoms with Gasteiger partial charge in [0, 0.05) is 30.4 Å². The minimum absolute atomic E-state index is 0.0299. The van der Waals surface area contributed by atoms with Crippen LogP contribution in [0.1, 0.15) is 59.3 Å². The van der Waals surface area contributed by atoms with Crippen LogP contribution in [0.25, 0.3) is 0 Å². The van der Waals surface area contributed by atoms with Crippen LogP contribution in [0.3, 0.4) is 0 Å². The van der Waals surface area contributed by atoms with Gasteiger partial charge in [-0.1, -0.05) is 20.8 Å². The number of carbonyl (C=O) groups is 2. The maximum absolute atomic E-state index is 12.6. The van der Waals surface area contributed by atoms with E-state index < -0.39 is 5.97 Å². The molecule has 0 bridgehead atoms. The second-order valence-corrected chi connectivity index (χ2v) is 7.33. The van der Waals surface area contributed by atoms with Gasteiger partial charge in [-0.15, -0.1) is 0 Å². The van der Waals surface area contributed by atoms with Crippen molar-refractivity contribution in [1.82, 2.24) is 5.32 Å². The Morgan fingerprint density at radius 3 is 2.09 bits per heavy atom. The highest BCUT2D eigenvalue weighted by molar-refractivity contribution is 5.80. The number of nitrogens with one attached hydrogen (secondary N) is 1. The number of ether oxygens (including phenoxy) is 1. The summed E-state index contributed by atoms with van der Waals surface area (Å²) in [6.07, 6.45) is 4.77. The number of carboxylic acid groups (broad SMARTS) is 1. The van der Waals surface area contributed by atoms with Gasteiger partial charge >= 0.3 is 5.97 Å². The van der Waals surface area contributed by atoms with Crippen molar-refractivity contribution >= 4 is 11.9 Å². The fourth-order valence-electron chi connectivity index (χ4n) is 4.97. The topological polar surface area (TPSA) is 75.6 Å². The van der Waals surface area contributed by atoms with E-state index >= 15 is 0 Å². The standard InChI is InChI=1S/C18H31NO4/c1-5-18(6-2)14(11(3)15(18)23-4)19-16(20)12-7-9-13(10-8-12)17(21)22/h11-15H,5-10H2,1-4H3,(H,19,20)(H,21,22)/t11-,12?,13?,14-,15+/m1/s1. The lowest BCUT2D eigenvalue weighted by Gasteiger charge is -2.60. The molecule has 2 fully saturated rings. The van der Waals surface area contributed by atoms with Crippen molar-refractivity contribution in [3.63, 3.8) is 0 Å². The Morgan fingerprint density at radius 2 is 1.65 bits per heavy atom. The summed E-state index contributed by atoms with van der Waals surface area (Å²) in [4.78, 5) is 23.7. The summed E-state index contributed by atoms with van der Waals surface area (Å²) in [7, 11) is 1.76. The Labute approximate surface area is 139 Å². The van der Waals surface area contributed by atoms with Gasteiger partial charge < -0.3 is 15.2 Å². The summed E-state index contributed by atoms with van der Waals surface area (Å²) in [6.45, 7) is 6.47. The molecule has 2 aliphatic rings. The number of rotatable bonds is 6. The molecule has 0 aromatic rings. The van der Waals surface area contributed by atoms with Gasteiger partial charge in [0.15, 0.2) is 0 Å². The predicted molar refractivity (Wildman–Crippen MR) is 88.0 cm³/mol. The van der Waals surface area contributed by atoms with Crippen LogP contribution >= 0.6 is 0 Å². The smallest absolute Gasteiger partial charge is 0.306 e. The zero-order chi connectivity index (χ0) is 17.2. The van der Waals surface area contributed by atoms with Crippen molar-refractivity contribution < 1.29 is 19.4 Å². The average molecular weight is 325 g/mol. The molecule has 132 valence electrons. The van der Waals surface area contributed by atoms with Crippen LogP contribution < -0.4 is 5.32 Å². The van der Waals surface area contributed by atoms with Crippen LogP contribution in [-0.4, -0.2) is 36.2 Å². The molecule has 0 aromatic carbocycles. The normalized spacial score (nSPS) is 36.1. The molecule has 0 heterocycles. The molecule has 2 N–H and O–H groups in total. The third-order valence-corrected chi connectivity index (χ3v) is 6.50. The van der Waals surface area contributed by atoms with Gasteiger partial charge in [0.25, 0.3) is 0 Å². The van der Waals surface area contributed by atoms with Crippen LogP contribution in [0.15, 0.2) is 0 Å². The summed E-state index contributed by atoms with van der Waals surface area (Å²) in [5.41, 5.74) is 0.0299. The summed E-state index contributed by atoms with van der Waals surface area (Å²) < 4.78 is 5.68. The Bertz CT molecular complexity index is 438. The van der Waals surface area contributed by atoms with E-state index in [2.05, 4.69) is 26.1 Å². The molecule has 23 heavy (non-hydrogen) atoms. The van der Waals surface area contributed by atoms with Crippen molar-refractivity contribution in [1.29, 1.82) is 0 Å². The highest BCUT2D eigenvalue weighted by Gasteiger charge is 2.59. The van der Waals surface area contributed by atoms with Crippen LogP contribution in [0.2, 0.25) is 0 Å². The minimum Gasteiger partial charge on any atom is -0.481 e. The maximum atomic E-state index is 12.6. The molecule has 3 atom stereocenters. The lowest BCUT2D eigenvalue weighted by molar-refractivity contribution is -0.174. The summed E-state index contributed by atoms with van der Waals surface area (Å²) >= 11 is 0. The molecular weight excluding hydrogens is 294 g/mol. The Hall–Kier alpha value is -1.10. The highest BCUT2D eigenvalue weighted by atomic mass is 16.5. The first kappa shape index (κ1) is 18.2. The Kier molecular flexibility index (Phi) is 5.71. The van der Waals surface area contributed by atoms with Crippen molar-refractivity contribution in [2.24, 2.45) is 23.2 Å². The fourth-order valence-corrected chi connectivity index (χ4v) is 4.97. The van der Waals surface area contributed by atoms with Gasteiger partial charge in [0.2, 0.25) is 5.91 Å². The van der Waals surface area contributed by atoms with E-state index in [9.17, 15) is 9.59 Å². The molecule has 2 aliphatic carbocycles. The number of amides is 1. The van der Waals surface area contributed by atoms with Crippen molar-refractivity contribution in [2.75, 3.05) is 7.11 Å². The van der Waals surface area contributed by atoms with Gasteiger partial charge in [-0.25, -0.2) is 0 Å². The van der Waals surface area contributed by atoms with E-state index in [1.54, 1.807) is 7.11 Å². The zero-order valence-corrected chi connectivity index (χ0v) is 14.8. The van der Waals surface area contributed by atoms with Crippen molar-refractivity contribution in [2.45, 2.75) is 71.4 Å². The van der Waals surface area contributed by atoms with Crippen LogP contribution in [-0.2, 0) is 14.3 Å². The average Bonchev–Trinajstić information content (AvgIpc) is 2.56. The molecule has 0 spiro atoms. The van der Waals surface area contributed by atoms with Gasteiger partial charge in [0.05, 0.1) is 12.0 Å². The summed E-state index contributed by atoms with van der Waals surface area (Å²) in [5, 5.41) is 12.3. The number of carbonyl (C=O) groups excluding carboxylic acids is 1. The molecule has 2 saturated carbocycles. The molecule has 0 radical (unpaired) electrons. The molecule has 0 saturated heterocycles. The van der Waals surface area contributed by atoms with Crippen molar-refractivity contribution in [3.05, 3.63) is 0 Å². The first-order valence-electron chi connectivity index (χ1n) is 8.97. The third kappa shape index (κ3) is 3.12. The zero-order valence-electron chi connectivity index (χ0n) is 14.8. The summed E-state index contributed by atoms with van der Waals surface area (Å²) in [5.74, 6) is -0.614. The molecule has 5 nitrogen and oxygen atoms in total. The first-order chi connectivity index (χ1) is 10.9.